The van der Waals surface area contributed by atoms with Crippen molar-refractivity contribution in [2.24, 2.45) is 0 Å². The van der Waals surface area contributed by atoms with Gasteiger partial charge in [0.15, 0.2) is 0 Å². The minimum Gasteiger partial charge on any atom is -0.337 e. The third kappa shape index (κ3) is 4.01. The van der Waals surface area contributed by atoms with Crippen LogP contribution in [0.1, 0.15) is 17.0 Å². The summed E-state index contributed by atoms with van der Waals surface area (Å²) in [7, 11) is 0. The fraction of sp³-hybridized carbons (Fsp3) is 0.238. The molecule has 0 fully saturated rings. The molecule has 2 heterocycles. The van der Waals surface area contributed by atoms with Gasteiger partial charge in [-0.2, -0.15) is 0 Å². The molecule has 0 spiro atoms. The lowest BCUT2D eigenvalue weighted by Gasteiger charge is -2.29. The molecular weight excluding hydrogens is 361 g/mol. The molecule has 0 saturated heterocycles. The summed E-state index contributed by atoms with van der Waals surface area (Å²) in [5, 5.41) is 5.84. The van der Waals surface area contributed by atoms with Crippen LogP contribution in [0, 0.1) is 5.82 Å². The van der Waals surface area contributed by atoms with E-state index >= 15 is 0 Å². The Morgan fingerprint density at radius 1 is 1.22 bits per heavy atom. The second kappa shape index (κ2) is 7.88. The summed E-state index contributed by atoms with van der Waals surface area (Å²) in [6.07, 6.45) is 2.65. The first-order valence-electron chi connectivity index (χ1n) is 9.04. The Kier molecular flexibility index (Phi) is 5.16. The predicted molar refractivity (Wildman–Crippen MR) is 107 cm³/mol. The number of thiazole rings is 1. The third-order valence-electron chi connectivity index (χ3n) is 4.64. The van der Waals surface area contributed by atoms with E-state index < -0.39 is 0 Å². The second-order valence-corrected chi connectivity index (χ2v) is 7.45. The maximum Gasteiger partial charge on any atom is 0.321 e. The Bertz CT molecular complexity index is 956. The van der Waals surface area contributed by atoms with Crippen LogP contribution in [0.25, 0.3) is 11.3 Å². The number of anilines is 1. The number of carbonyl (C=O) groups is 1. The van der Waals surface area contributed by atoms with Gasteiger partial charge in [-0.05, 0) is 36.6 Å². The Morgan fingerprint density at radius 3 is 3.00 bits per heavy atom. The highest BCUT2D eigenvalue weighted by molar-refractivity contribution is 7.09. The third-order valence-corrected chi connectivity index (χ3v) is 5.55. The quantitative estimate of drug-likeness (QED) is 0.715. The Balaban J connectivity index is 1.35. The molecule has 0 atom stereocenters. The molecule has 27 heavy (non-hydrogen) atoms. The van der Waals surface area contributed by atoms with Gasteiger partial charge in [0.05, 0.1) is 10.7 Å². The number of amides is 2. The van der Waals surface area contributed by atoms with Crippen molar-refractivity contribution in [3.8, 4) is 11.3 Å². The van der Waals surface area contributed by atoms with Gasteiger partial charge in [0.1, 0.15) is 5.82 Å². The Hall–Kier alpha value is -2.73. The van der Waals surface area contributed by atoms with E-state index in [2.05, 4.69) is 16.4 Å². The van der Waals surface area contributed by atoms with Crippen molar-refractivity contribution in [2.45, 2.75) is 19.3 Å². The SMILES string of the molecule is O=C(NCCc1nc(-c2cccc(F)c2)cs1)N1CCCc2ccccc21. The first kappa shape index (κ1) is 17.7. The van der Waals surface area contributed by atoms with Gasteiger partial charge in [-0.3, -0.25) is 4.90 Å². The molecule has 4 rings (SSSR count). The first-order chi connectivity index (χ1) is 13.2. The lowest BCUT2D eigenvalue weighted by atomic mass is 10.0. The Morgan fingerprint density at radius 2 is 2.11 bits per heavy atom. The topological polar surface area (TPSA) is 45.2 Å². The molecule has 0 unspecified atom stereocenters. The van der Waals surface area contributed by atoms with Crippen LogP contribution in [-0.4, -0.2) is 24.1 Å². The van der Waals surface area contributed by atoms with Gasteiger partial charge in [0.2, 0.25) is 0 Å². The molecule has 3 aromatic rings. The van der Waals surface area contributed by atoms with E-state index in [1.54, 1.807) is 6.07 Å². The summed E-state index contributed by atoms with van der Waals surface area (Å²) >= 11 is 1.53. The van der Waals surface area contributed by atoms with Crippen LogP contribution in [0.2, 0.25) is 0 Å². The summed E-state index contributed by atoms with van der Waals surface area (Å²) in [4.78, 5) is 18.9. The number of halogens is 1. The van der Waals surface area contributed by atoms with E-state index in [1.807, 2.05) is 34.5 Å². The smallest absolute Gasteiger partial charge is 0.321 e. The fourth-order valence-corrected chi connectivity index (χ4v) is 4.13. The lowest BCUT2D eigenvalue weighted by molar-refractivity contribution is 0.246. The minimum absolute atomic E-state index is 0.0657. The van der Waals surface area contributed by atoms with Crippen molar-refractivity contribution in [1.29, 1.82) is 0 Å². The molecule has 4 nitrogen and oxygen atoms in total. The molecule has 1 N–H and O–H groups in total. The average molecular weight is 381 g/mol. The van der Waals surface area contributed by atoms with E-state index in [9.17, 15) is 9.18 Å². The van der Waals surface area contributed by atoms with Crippen LogP contribution >= 0.6 is 11.3 Å². The zero-order valence-corrected chi connectivity index (χ0v) is 15.6. The number of nitrogens with one attached hydrogen (secondary N) is 1. The van der Waals surface area contributed by atoms with E-state index in [1.165, 1.54) is 29.0 Å². The highest BCUT2D eigenvalue weighted by Gasteiger charge is 2.21. The van der Waals surface area contributed by atoms with E-state index in [4.69, 9.17) is 0 Å². The van der Waals surface area contributed by atoms with Crippen molar-refractivity contribution in [1.82, 2.24) is 10.3 Å². The van der Waals surface area contributed by atoms with Crippen molar-refractivity contribution < 1.29 is 9.18 Å². The van der Waals surface area contributed by atoms with Crippen LogP contribution in [0.5, 0.6) is 0 Å². The largest absolute Gasteiger partial charge is 0.337 e. The van der Waals surface area contributed by atoms with Crippen LogP contribution < -0.4 is 10.2 Å². The molecule has 1 aromatic heterocycles. The molecule has 1 aliphatic heterocycles. The summed E-state index contributed by atoms with van der Waals surface area (Å²) in [6, 6.07) is 14.4. The van der Waals surface area contributed by atoms with Gasteiger partial charge in [-0.25, -0.2) is 14.2 Å². The Labute approximate surface area is 161 Å². The van der Waals surface area contributed by atoms with Gasteiger partial charge in [0.25, 0.3) is 0 Å². The van der Waals surface area contributed by atoms with Gasteiger partial charge < -0.3 is 5.32 Å². The maximum absolute atomic E-state index is 13.4. The highest BCUT2D eigenvalue weighted by atomic mass is 32.1. The first-order valence-corrected chi connectivity index (χ1v) is 9.92. The summed E-state index contributed by atoms with van der Waals surface area (Å²) < 4.78 is 13.4. The number of rotatable bonds is 4. The maximum atomic E-state index is 13.4. The number of fused-ring (bicyclic) bond motifs is 1. The second-order valence-electron chi connectivity index (χ2n) is 6.50. The van der Waals surface area contributed by atoms with Crippen molar-refractivity contribution in [3.05, 3.63) is 70.3 Å². The van der Waals surface area contributed by atoms with E-state index in [-0.39, 0.29) is 11.8 Å². The number of carbonyl (C=O) groups excluding carboxylic acids is 1. The zero-order chi connectivity index (χ0) is 18.6. The number of aryl methyl sites for hydroxylation is 1. The van der Waals surface area contributed by atoms with Gasteiger partial charge in [-0.1, -0.05) is 30.3 Å². The predicted octanol–water partition coefficient (Wildman–Crippen LogP) is 4.65. The van der Waals surface area contributed by atoms with Crippen LogP contribution in [0.4, 0.5) is 14.9 Å². The number of benzene rings is 2. The minimum atomic E-state index is -0.267. The number of para-hydroxylation sites is 1. The van der Waals surface area contributed by atoms with Crippen molar-refractivity contribution >= 4 is 23.1 Å². The molecular formula is C21H20FN3OS. The molecule has 0 aliphatic carbocycles. The molecule has 0 bridgehead atoms. The number of hydrogen-bond acceptors (Lipinski definition) is 3. The van der Waals surface area contributed by atoms with Crippen LogP contribution in [0.3, 0.4) is 0 Å². The van der Waals surface area contributed by atoms with Gasteiger partial charge in [-0.15, -0.1) is 11.3 Å². The van der Waals surface area contributed by atoms with Crippen molar-refractivity contribution in [2.75, 3.05) is 18.0 Å². The van der Waals surface area contributed by atoms with Gasteiger partial charge >= 0.3 is 6.03 Å². The summed E-state index contributed by atoms with van der Waals surface area (Å²) in [6.45, 7) is 1.26. The molecule has 6 heteroatoms. The number of urea groups is 1. The number of aromatic nitrogens is 1. The molecule has 0 radical (unpaired) electrons. The molecule has 138 valence electrons. The van der Waals surface area contributed by atoms with E-state index in [0.29, 0.717) is 13.0 Å². The van der Waals surface area contributed by atoms with Crippen LogP contribution in [0.15, 0.2) is 53.9 Å². The molecule has 0 saturated carbocycles. The monoisotopic (exact) mass is 381 g/mol. The number of nitrogens with zero attached hydrogens (tertiary/aromatic N) is 2. The normalized spacial score (nSPS) is 13.3. The molecule has 2 amide bonds. The standard InChI is InChI=1S/C21H20FN3OS/c22-17-8-3-6-16(13-17)18-14-27-20(24-18)10-11-23-21(26)25-12-4-7-15-5-1-2-9-19(15)25/h1-3,5-6,8-9,13-14H,4,7,10-12H2,(H,23,26). The fourth-order valence-electron chi connectivity index (χ4n) is 3.32. The van der Waals surface area contributed by atoms with E-state index in [0.717, 1.165) is 41.3 Å². The molecule has 2 aromatic carbocycles. The molecule has 1 aliphatic rings. The van der Waals surface area contributed by atoms with Crippen molar-refractivity contribution in [3.63, 3.8) is 0 Å². The highest BCUT2D eigenvalue weighted by Crippen LogP contribution is 2.26. The summed E-state index contributed by atoms with van der Waals surface area (Å²) in [5.74, 6) is -0.267. The van der Waals surface area contributed by atoms with Crippen LogP contribution in [-0.2, 0) is 12.8 Å². The lowest BCUT2D eigenvalue weighted by Crippen LogP contribution is -2.43. The van der Waals surface area contributed by atoms with Gasteiger partial charge in [0, 0.05) is 36.1 Å². The average Bonchev–Trinajstić information content (AvgIpc) is 3.16. The number of hydrogen-bond donors (Lipinski definition) is 1. The summed E-state index contributed by atoms with van der Waals surface area (Å²) in [5.41, 5.74) is 3.76. The zero-order valence-electron chi connectivity index (χ0n) is 14.8.